The molecule has 0 radical (unpaired) electrons. The van der Waals surface area contributed by atoms with Crippen LogP contribution in [0.3, 0.4) is 0 Å². The van der Waals surface area contributed by atoms with Crippen molar-refractivity contribution in [1.29, 1.82) is 0 Å². The largest absolute Gasteiger partial charge is 0.370 e. The van der Waals surface area contributed by atoms with E-state index in [0.717, 1.165) is 18.8 Å². The minimum atomic E-state index is -0.359. The molecule has 2 aromatic rings. The van der Waals surface area contributed by atoms with Crippen molar-refractivity contribution in [3.8, 4) is 0 Å². The minimum Gasteiger partial charge on any atom is -0.370 e. The van der Waals surface area contributed by atoms with Gasteiger partial charge in [-0.2, -0.15) is 0 Å². The summed E-state index contributed by atoms with van der Waals surface area (Å²) in [5, 5.41) is 6.59. The standard InChI is InChI=1S/C14H15ClFN3/c1-2-8-17-13-4-3-5-14(19-13)18-12-7-6-10(16)9-11(12)15/h3-7,9H,2,8H2,1H3,(H2,17,18,19). The quantitative estimate of drug-likeness (QED) is 0.849. The summed E-state index contributed by atoms with van der Waals surface area (Å²) in [7, 11) is 0. The Labute approximate surface area is 116 Å². The molecular weight excluding hydrogens is 265 g/mol. The Morgan fingerprint density at radius 1 is 1.21 bits per heavy atom. The number of nitrogens with zero attached hydrogens (tertiary/aromatic N) is 1. The fourth-order valence-corrected chi connectivity index (χ4v) is 1.80. The van der Waals surface area contributed by atoms with Crippen LogP contribution in [-0.2, 0) is 0 Å². The normalized spacial score (nSPS) is 10.3. The fourth-order valence-electron chi connectivity index (χ4n) is 1.58. The van der Waals surface area contributed by atoms with Crippen LogP contribution in [0.4, 0.5) is 21.7 Å². The maximum absolute atomic E-state index is 13.0. The maximum atomic E-state index is 13.0. The second-order valence-corrected chi connectivity index (χ2v) is 4.49. The van der Waals surface area contributed by atoms with Crippen molar-refractivity contribution in [2.75, 3.05) is 17.2 Å². The van der Waals surface area contributed by atoms with Gasteiger partial charge < -0.3 is 10.6 Å². The molecule has 0 bridgehead atoms. The summed E-state index contributed by atoms with van der Waals surface area (Å²) in [4.78, 5) is 4.39. The zero-order valence-corrected chi connectivity index (χ0v) is 11.3. The molecule has 0 aliphatic carbocycles. The first-order chi connectivity index (χ1) is 9.19. The first kappa shape index (κ1) is 13.6. The van der Waals surface area contributed by atoms with Crippen LogP contribution in [0.5, 0.6) is 0 Å². The van der Waals surface area contributed by atoms with E-state index in [4.69, 9.17) is 11.6 Å². The van der Waals surface area contributed by atoms with Crippen LogP contribution >= 0.6 is 11.6 Å². The van der Waals surface area contributed by atoms with Gasteiger partial charge in [-0.05, 0) is 36.8 Å². The summed E-state index contributed by atoms with van der Waals surface area (Å²) in [6, 6.07) is 9.83. The van der Waals surface area contributed by atoms with Gasteiger partial charge in [0.15, 0.2) is 0 Å². The highest BCUT2D eigenvalue weighted by Gasteiger charge is 2.03. The van der Waals surface area contributed by atoms with Gasteiger partial charge in [-0.15, -0.1) is 0 Å². The topological polar surface area (TPSA) is 37.0 Å². The van der Waals surface area contributed by atoms with Gasteiger partial charge in [-0.25, -0.2) is 9.37 Å². The lowest BCUT2D eigenvalue weighted by atomic mass is 10.3. The molecule has 5 heteroatoms. The SMILES string of the molecule is CCCNc1cccc(Nc2ccc(F)cc2Cl)n1. The average Bonchev–Trinajstić information content (AvgIpc) is 2.40. The van der Waals surface area contributed by atoms with E-state index in [2.05, 4.69) is 22.5 Å². The van der Waals surface area contributed by atoms with Crippen LogP contribution in [-0.4, -0.2) is 11.5 Å². The Bertz CT molecular complexity index is 560. The van der Waals surface area contributed by atoms with Crippen molar-refractivity contribution in [3.63, 3.8) is 0 Å². The Balaban J connectivity index is 2.14. The van der Waals surface area contributed by atoms with Crippen LogP contribution in [0.2, 0.25) is 5.02 Å². The lowest BCUT2D eigenvalue weighted by Crippen LogP contribution is -2.03. The molecule has 0 saturated heterocycles. The van der Waals surface area contributed by atoms with Crippen molar-refractivity contribution in [1.82, 2.24) is 4.98 Å². The van der Waals surface area contributed by atoms with E-state index in [1.54, 1.807) is 6.07 Å². The molecule has 0 spiro atoms. The van der Waals surface area contributed by atoms with Crippen LogP contribution < -0.4 is 10.6 Å². The molecular formula is C14H15ClFN3. The number of halogens is 2. The Kier molecular flexibility index (Phi) is 4.58. The molecule has 0 fully saturated rings. The molecule has 0 aliphatic rings. The highest BCUT2D eigenvalue weighted by Crippen LogP contribution is 2.25. The van der Waals surface area contributed by atoms with Crippen LogP contribution in [0.15, 0.2) is 36.4 Å². The van der Waals surface area contributed by atoms with Crippen molar-refractivity contribution in [2.45, 2.75) is 13.3 Å². The number of anilines is 3. The maximum Gasteiger partial charge on any atom is 0.132 e. The lowest BCUT2D eigenvalue weighted by molar-refractivity contribution is 0.628. The molecule has 0 amide bonds. The summed E-state index contributed by atoms with van der Waals surface area (Å²) in [5.74, 6) is 1.10. The van der Waals surface area contributed by atoms with Gasteiger partial charge in [0.1, 0.15) is 17.5 Å². The highest BCUT2D eigenvalue weighted by atomic mass is 35.5. The van der Waals surface area contributed by atoms with Gasteiger partial charge in [0.25, 0.3) is 0 Å². The van der Waals surface area contributed by atoms with Crippen molar-refractivity contribution >= 4 is 28.9 Å². The number of pyridine rings is 1. The predicted octanol–water partition coefficient (Wildman–Crippen LogP) is 4.44. The molecule has 0 saturated carbocycles. The third kappa shape index (κ3) is 3.83. The van der Waals surface area contributed by atoms with Crippen molar-refractivity contribution in [3.05, 3.63) is 47.2 Å². The summed E-state index contributed by atoms with van der Waals surface area (Å²) in [6.07, 6.45) is 1.03. The van der Waals surface area contributed by atoms with E-state index in [1.807, 2.05) is 18.2 Å². The zero-order chi connectivity index (χ0) is 13.7. The summed E-state index contributed by atoms with van der Waals surface area (Å²) in [5.41, 5.74) is 0.628. The van der Waals surface area contributed by atoms with Crippen LogP contribution in [0.25, 0.3) is 0 Å². The van der Waals surface area contributed by atoms with E-state index < -0.39 is 0 Å². The third-order valence-corrected chi connectivity index (χ3v) is 2.81. The summed E-state index contributed by atoms with van der Waals surface area (Å²) >= 11 is 5.96. The van der Waals surface area contributed by atoms with E-state index in [9.17, 15) is 4.39 Å². The second kappa shape index (κ2) is 6.38. The van der Waals surface area contributed by atoms with Gasteiger partial charge >= 0.3 is 0 Å². The van der Waals surface area contributed by atoms with E-state index >= 15 is 0 Å². The molecule has 1 heterocycles. The monoisotopic (exact) mass is 279 g/mol. The fraction of sp³-hybridized carbons (Fsp3) is 0.214. The van der Waals surface area contributed by atoms with Gasteiger partial charge in [0.2, 0.25) is 0 Å². The third-order valence-electron chi connectivity index (χ3n) is 2.50. The Hall–Kier alpha value is -1.81. The van der Waals surface area contributed by atoms with Crippen LogP contribution in [0.1, 0.15) is 13.3 Å². The summed E-state index contributed by atoms with van der Waals surface area (Å²) < 4.78 is 13.0. The molecule has 1 aromatic carbocycles. The molecule has 2 N–H and O–H groups in total. The van der Waals surface area contributed by atoms with Crippen molar-refractivity contribution < 1.29 is 4.39 Å². The second-order valence-electron chi connectivity index (χ2n) is 4.08. The van der Waals surface area contributed by atoms with Gasteiger partial charge in [0, 0.05) is 6.54 Å². The first-order valence-corrected chi connectivity index (χ1v) is 6.50. The number of hydrogen-bond acceptors (Lipinski definition) is 3. The van der Waals surface area contributed by atoms with Gasteiger partial charge in [-0.1, -0.05) is 24.6 Å². The molecule has 19 heavy (non-hydrogen) atoms. The number of rotatable bonds is 5. The number of benzene rings is 1. The zero-order valence-electron chi connectivity index (χ0n) is 10.6. The van der Waals surface area contributed by atoms with E-state index in [1.165, 1.54) is 12.1 Å². The molecule has 0 atom stereocenters. The molecule has 0 unspecified atom stereocenters. The van der Waals surface area contributed by atoms with Gasteiger partial charge in [0.05, 0.1) is 10.7 Å². The number of aromatic nitrogens is 1. The van der Waals surface area contributed by atoms with E-state index in [0.29, 0.717) is 16.5 Å². The molecule has 3 nitrogen and oxygen atoms in total. The number of nitrogens with one attached hydrogen (secondary N) is 2. The lowest BCUT2D eigenvalue weighted by Gasteiger charge is -2.09. The number of hydrogen-bond donors (Lipinski definition) is 2. The molecule has 1 aromatic heterocycles. The molecule has 0 aliphatic heterocycles. The highest BCUT2D eigenvalue weighted by molar-refractivity contribution is 6.33. The molecule has 2 rings (SSSR count). The summed E-state index contributed by atoms with van der Waals surface area (Å²) in [6.45, 7) is 2.96. The van der Waals surface area contributed by atoms with Gasteiger partial charge in [-0.3, -0.25) is 0 Å². The Morgan fingerprint density at radius 3 is 2.74 bits per heavy atom. The minimum absolute atomic E-state index is 0.328. The van der Waals surface area contributed by atoms with Crippen LogP contribution in [0, 0.1) is 5.82 Å². The Morgan fingerprint density at radius 2 is 2.00 bits per heavy atom. The molecule has 100 valence electrons. The average molecular weight is 280 g/mol. The predicted molar refractivity (Wildman–Crippen MR) is 77.7 cm³/mol. The van der Waals surface area contributed by atoms with E-state index in [-0.39, 0.29) is 5.82 Å². The smallest absolute Gasteiger partial charge is 0.132 e. The van der Waals surface area contributed by atoms with Crippen molar-refractivity contribution in [2.24, 2.45) is 0 Å². The first-order valence-electron chi connectivity index (χ1n) is 6.12.